The van der Waals surface area contributed by atoms with Crippen LogP contribution in [0.5, 0.6) is 0 Å². The molecule has 0 aliphatic carbocycles. The average Bonchev–Trinajstić information content (AvgIpc) is 3.45. The predicted octanol–water partition coefficient (Wildman–Crippen LogP) is 1.66. The lowest BCUT2D eigenvalue weighted by molar-refractivity contribution is 0.0711. The van der Waals surface area contributed by atoms with Gasteiger partial charge in [0.25, 0.3) is 11.8 Å². The van der Waals surface area contributed by atoms with Gasteiger partial charge in [-0.15, -0.1) is 0 Å². The van der Waals surface area contributed by atoms with E-state index in [1.807, 2.05) is 24.1 Å². The Morgan fingerprint density at radius 2 is 1.97 bits per heavy atom. The minimum Gasteiger partial charge on any atom is -0.459 e. The van der Waals surface area contributed by atoms with Crippen LogP contribution in [-0.2, 0) is 0 Å². The number of aromatic nitrogens is 1. The predicted molar refractivity (Wildman–Crippen MR) is 114 cm³/mol. The van der Waals surface area contributed by atoms with Crippen molar-refractivity contribution in [1.29, 1.82) is 0 Å². The van der Waals surface area contributed by atoms with E-state index < -0.39 is 0 Å². The third kappa shape index (κ3) is 4.33. The number of hydrogen-bond acceptors (Lipinski definition) is 6. The van der Waals surface area contributed by atoms with Crippen molar-refractivity contribution in [2.45, 2.75) is 6.42 Å². The Morgan fingerprint density at radius 3 is 2.63 bits per heavy atom. The minimum atomic E-state index is -0.0989. The molecule has 0 radical (unpaired) electrons. The highest BCUT2D eigenvalue weighted by molar-refractivity contribution is 5.99. The van der Waals surface area contributed by atoms with Crippen LogP contribution in [0.25, 0.3) is 0 Å². The zero-order valence-electron chi connectivity index (χ0n) is 17.7. The lowest BCUT2D eigenvalue weighted by atomic mass is 10.1. The van der Waals surface area contributed by atoms with Crippen LogP contribution in [0.2, 0.25) is 0 Å². The molecule has 0 N–H and O–H groups in total. The molecular weight excluding hydrogens is 382 g/mol. The Bertz CT molecular complexity index is 877. The molecule has 1 atom stereocenters. The van der Waals surface area contributed by atoms with Crippen molar-refractivity contribution in [2.75, 3.05) is 64.8 Å². The number of piperazine rings is 1. The summed E-state index contributed by atoms with van der Waals surface area (Å²) < 4.78 is 5.23. The summed E-state index contributed by atoms with van der Waals surface area (Å²) in [5.74, 6) is 1.47. The largest absolute Gasteiger partial charge is 0.459 e. The van der Waals surface area contributed by atoms with E-state index >= 15 is 0 Å². The van der Waals surface area contributed by atoms with Gasteiger partial charge >= 0.3 is 0 Å². The first-order valence-electron chi connectivity index (χ1n) is 10.5. The zero-order chi connectivity index (χ0) is 21.1. The van der Waals surface area contributed by atoms with E-state index in [0.717, 1.165) is 26.1 Å². The van der Waals surface area contributed by atoms with E-state index in [1.54, 1.807) is 23.2 Å². The van der Waals surface area contributed by atoms with E-state index in [4.69, 9.17) is 4.42 Å². The highest BCUT2D eigenvalue weighted by Crippen LogP contribution is 2.22. The Balaban J connectivity index is 1.41. The van der Waals surface area contributed by atoms with Gasteiger partial charge in [0.15, 0.2) is 5.76 Å². The van der Waals surface area contributed by atoms with Crippen LogP contribution >= 0.6 is 0 Å². The first-order valence-corrected chi connectivity index (χ1v) is 10.5. The molecule has 0 unspecified atom stereocenters. The smallest absolute Gasteiger partial charge is 0.289 e. The summed E-state index contributed by atoms with van der Waals surface area (Å²) >= 11 is 0. The monoisotopic (exact) mass is 411 g/mol. The summed E-state index contributed by atoms with van der Waals surface area (Å²) in [5, 5.41) is 0. The van der Waals surface area contributed by atoms with Crippen LogP contribution in [0.3, 0.4) is 0 Å². The zero-order valence-corrected chi connectivity index (χ0v) is 17.7. The number of anilines is 1. The van der Waals surface area contributed by atoms with E-state index in [9.17, 15) is 9.59 Å². The van der Waals surface area contributed by atoms with Crippen LogP contribution in [0, 0.1) is 5.92 Å². The number of likely N-dealkylation sites (tertiary alicyclic amines) is 1. The van der Waals surface area contributed by atoms with Crippen molar-refractivity contribution in [3.05, 3.63) is 48.0 Å². The summed E-state index contributed by atoms with van der Waals surface area (Å²) in [7, 11) is 3.99. The van der Waals surface area contributed by atoms with Crippen molar-refractivity contribution in [2.24, 2.45) is 5.92 Å². The third-order valence-corrected chi connectivity index (χ3v) is 5.98. The molecule has 0 spiro atoms. The van der Waals surface area contributed by atoms with E-state index in [1.165, 1.54) is 6.26 Å². The SMILES string of the molecule is CN1CC[C@H](CN(C)C(=O)c2cccnc2N2CCN(C(=O)c3ccco3)CC2)C1. The maximum atomic E-state index is 13.2. The Morgan fingerprint density at radius 1 is 1.17 bits per heavy atom. The molecule has 0 bridgehead atoms. The number of pyridine rings is 1. The lowest BCUT2D eigenvalue weighted by Gasteiger charge is -2.36. The molecule has 4 heterocycles. The molecule has 2 aromatic rings. The maximum absolute atomic E-state index is 13.2. The van der Waals surface area contributed by atoms with Crippen molar-refractivity contribution >= 4 is 17.6 Å². The second-order valence-corrected chi connectivity index (χ2v) is 8.23. The van der Waals surface area contributed by atoms with Gasteiger partial charge in [-0.3, -0.25) is 9.59 Å². The number of hydrogen-bond donors (Lipinski definition) is 0. The van der Waals surface area contributed by atoms with Crippen molar-refractivity contribution < 1.29 is 14.0 Å². The molecule has 2 fully saturated rings. The molecule has 4 rings (SSSR count). The minimum absolute atomic E-state index is 0.00162. The Kier molecular flexibility index (Phi) is 6.03. The summed E-state index contributed by atoms with van der Waals surface area (Å²) in [4.78, 5) is 38.2. The molecule has 0 aromatic carbocycles. The second-order valence-electron chi connectivity index (χ2n) is 8.23. The normalized spacial score (nSPS) is 19.9. The quantitative estimate of drug-likeness (QED) is 0.745. The summed E-state index contributed by atoms with van der Waals surface area (Å²) in [5.41, 5.74) is 0.622. The van der Waals surface area contributed by atoms with Gasteiger partial charge in [0, 0.05) is 52.5 Å². The fourth-order valence-corrected chi connectivity index (χ4v) is 4.34. The van der Waals surface area contributed by atoms with Gasteiger partial charge in [-0.25, -0.2) is 4.98 Å². The third-order valence-electron chi connectivity index (χ3n) is 5.98. The number of nitrogens with zero attached hydrogens (tertiary/aromatic N) is 5. The molecule has 8 heteroatoms. The molecule has 160 valence electrons. The number of carbonyl (C=O) groups excluding carboxylic acids is 2. The van der Waals surface area contributed by atoms with E-state index in [0.29, 0.717) is 49.2 Å². The topological polar surface area (TPSA) is 73.1 Å². The molecule has 0 saturated carbocycles. The molecule has 2 amide bonds. The van der Waals surface area contributed by atoms with Crippen molar-refractivity contribution in [3.63, 3.8) is 0 Å². The number of rotatable bonds is 5. The number of amides is 2. The van der Waals surface area contributed by atoms with Crippen LogP contribution in [0.1, 0.15) is 27.3 Å². The van der Waals surface area contributed by atoms with Gasteiger partial charge < -0.3 is 24.0 Å². The Labute approximate surface area is 177 Å². The van der Waals surface area contributed by atoms with Gasteiger partial charge in [-0.1, -0.05) is 0 Å². The van der Waals surface area contributed by atoms with Crippen LogP contribution < -0.4 is 4.90 Å². The van der Waals surface area contributed by atoms with E-state index in [2.05, 4.69) is 21.8 Å². The molecule has 2 aliphatic heterocycles. The van der Waals surface area contributed by atoms with Gasteiger partial charge in [-0.2, -0.15) is 0 Å². The van der Waals surface area contributed by atoms with Gasteiger partial charge in [0.05, 0.1) is 11.8 Å². The van der Waals surface area contributed by atoms with Crippen LogP contribution in [0.4, 0.5) is 5.82 Å². The van der Waals surface area contributed by atoms with E-state index in [-0.39, 0.29) is 11.8 Å². The summed E-state index contributed by atoms with van der Waals surface area (Å²) in [6.07, 6.45) is 4.35. The summed E-state index contributed by atoms with van der Waals surface area (Å²) in [6, 6.07) is 7.06. The molecule has 30 heavy (non-hydrogen) atoms. The van der Waals surface area contributed by atoms with Gasteiger partial charge in [0.1, 0.15) is 5.82 Å². The molecule has 2 saturated heterocycles. The molecule has 8 nitrogen and oxygen atoms in total. The highest BCUT2D eigenvalue weighted by atomic mass is 16.3. The average molecular weight is 412 g/mol. The highest BCUT2D eigenvalue weighted by Gasteiger charge is 2.28. The standard InChI is InChI=1S/C22H29N5O3/c1-24-9-7-17(15-24)16-25(2)21(28)18-5-3-8-23-20(18)26-10-12-27(13-11-26)22(29)19-6-4-14-30-19/h3-6,8,14,17H,7,9-13,15-16H2,1-2H3/t17-/m0/s1. The van der Waals surface area contributed by atoms with Crippen LogP contribution in [-0.4, -0.2) is 91.4 Å². The van der Waals surface area contributed by atoms with Crippen molar-refractivity contribution in [3.8, 4) is 0 Å². The first kappa shape index (κ1) is 20.4. The number of carbonyl (C=O) groups is 2. The number of furan rings is 1. The van der Waals surface area contributed by atoms with Crippen molar-refractivity contribution in [1.82, 2.24) is 19.7 Å². The van der Waals surface area contributed by atoms with Crippen LogP contribution in [0.15, 0.2) is 41.1 Å². The first-order chi connectivity index (χ1) is 14.5. The maximum Gasteiger partial charge on any atom is 0.289 e. The second kappa shape index (κ2) is 8.87. The fraction of sp³-hybridized carbons (Fsp3) is 0.500. The summed E-state index contributed by atoms with van der Waals surface area (Å²) in [6.45, 7) is 5.25. The van der Waals surface area contributed by atoms with Gasteiger partial charge in [-0.05, 0) is 50.2 Å². The van der Waals surface area contributed by atoms with Gasteiger partial charge in [0.2, 0.25) is 0 Å². The Hall–Kier alpha value is -2.87. The molecule has 2 aliphatic rings. The lowest BCUT2D eigenvalue weighted by Crippen LogP contribution is -2.49. The fourth-order valence-electron chi connectivity index (χ4n) is 4.34. The molecule has 2 aromatic heterocycles. The molecular formula is C22H29N5O3.